The third-order valence-electron chi connectivity index (χ3n) is 7.42. The molecule has 0 radical (unpaired) electrons. The molecule has 0 amide bonds. The minimum Gasteiger partial charge on any atom is -0.338 e. The molecule has 1 aliphatic rings. The average molecular weight is 718 g/mol. The number of fused-ring (bicyclic) bond motifs is 2. The number of anilines is 2. The molecule has 9 nitrogen and oxygen atoms in total. The zero-order valence-corrected chi connectivity index (χ0v) is 27.8. The van der Waals surface area contributed by atoms with Gasteiger partial charge in [0.2, 0.25) is 5.91 Å². The van der Waals surface area contributed by atoms with Crippen LogP contribution in [-0.4, -0.2) is 24.2 Å². The highest BCUT2D eigenvalue weighted by Crippen LogP contribution is 2.35. The van der Waals surface area contributed by atoms with E-state index in [9.17, 15) is 23.6 Å². The number of halogens is 2. The standard InChI is InChI=1S/C29H26FN5O4.C2H6.HIS/c1-15-8-11-21(20(30)14-15)31-26-24-25(16(2)27(37)32(26)4)35(29(39)34(28(24)38)18-9-10-18)23-7-5-6-22-19(23)12-13-33(22)17(3)36;2*1-2/h5-8,11-14,18,31H,9-10H2,1-4H3;1-2H3;2H. The average Bonchev–Trinajstić information content (AvgIpc) is 3.73. The molecule has 0 spiro atoms. The van der Waals surface area contributed by atoms with E-state index in [1.807, 2.05) is 35.1 Å². The molecule has 0 unspecified atom stereocenters. The molecular weight excluding hydrogens is 684 g/mol. The summed E-state index contributed by atoms with van der Waals surface area (Å²) in [7, 11) is 5.00. The summed E-state index contributed by atoms with van der Waals surface area (Å²) in [6.45, 7) is 8.77. The van der Waals surface area contributed by atoms with Crippen LogP contribution in [0.1, 0.15) is 55.6 Å². The lowest BCUT2D eigenvalue weighted by Crippen LogP contribution is -2.41. The Hall–Kier alpha value is -3.65. The molecule has 2 aromatic carbocycles. The number of benzene rings is 2. The lowest BCUT2D eigenvalue weighted by Gasteiger charge is -2.21. The van der Waals surface area contributed by atoms with E-state index in [4.69, 9.17) is 0 Å². The molecule has 226 valence electrons. The molecule has 0 bridgehead atoms. The minimum absolute atomic E-state index is 0.0879. The number of pyridine rings is 1. The van der Waals surface area contributed by atoms with Crippen LogP contribution < -0.4 is 22.1 Å². The van der Waals surface area contributed by atoms with Gasteiger partial charge in [0.1, 0.15) is 17.0 Å². The predicted molar refractivity (Wildman–Crippen MR) is 183 cm³/mol. The molecule has 3 heterocycles. The smallest absolute Gasteiger partial charge is 0.336 e. The molecule has 1 fully saturated rings. The quantitative estimate of drug-likeness (QED) is 0.162. The molecule has 0 aliphatic heterocycles. The number of carbonyl (C=O) groups is 1. The monoisotopic (exact) mass is 717 g/mol. The molecule has 12 heteroatoms. The number of nitrogens with one attached hydrogen (secondary N) is 1. The van der Waals surface area contributed by atoms with Crippen LogP contribution in [-0.2, 0) is 7.05 Å². The van der Waals surface area contributed by atoms with E-state index in [-0.39, 0.29) is 39.9 Å². The molecule has 3 aromatic heterocycles. The maximum atomic E-state index is 14.9. The number of hydrogen-bond acceptors (Lipinski definition) is 6. The fourth-order valence-corrected chi connectivity index (χ4v) is 5.31. The van der Waals surface area contributed by atoms with E-state index in [1.165, 1.54) is 38.3 Å². The lowest BCUT2D eigenvalue weighted by molar-refractivity contribution is 0.0941. The maximum Gasteiger partial charge on any atom is 0.336 e. The van der Waals surface area contributed by atoms with Crippen LogP contribution in [0.2, 0.25) is 0 Å². The van der Waals surface area contributed by atoms with Crippen LogP contribution in [0.3, 0.4) is 0 Å². The number of thiol groups is 1. The first-order valence-electron chi connectivity index (χ1n) is 13.8. The first-order valence-corrected chi connectivity index (χ1v) is 17.1. The zero-order chi connectivity index (χ0) is 31.7. The van der Waals surface area contributed by atoms with Gasteiger partial charge in [-0.3, -0.25) is 32.7 Å². The van der Waals surface area contributed by atoms with Crippen LogP contribution in [0.25, 0.3) is 27.5 Å². The molecule has 43 heavy (non-hydrogen) atoms. The second kappa shape index (κ2) is 12.9. The summed E-state index contributed by atoms with van der Waals surface area (Å²) in [6, 6.07) is 11.3. The Morgan fingerprint density at radius 1 is 1.02 bits per heavy atom. The topological polar surface area (TPSA) is 100 Å². The largest absolute Gasteiger partial charge is 0.338 e. The van der Waals surface area contributed by atoms with E-state index in [0.717, 1.165) is 5.56 Å². The molecule has 5 aromatic rings. The van der Waals surface area contributed by atoms with Gasteiger partial charge in [-0.05, 0) is 83.8 Å². The van der Waals surface area contributed by atoms with Crippen molar-refractivity contribution in [1.82, 2.24) is 18.3 Å². The first-order chi connectivity index (χ1) is 20.6. The summed E-state index contributed by atoms with van der Waals surface area (Å²) in [4.78, 5) is 53.7. The van der Waals surface area contributed by atoms with Crippen molar-refractivity contribution in [1.29, 1.82) is 0 Å². The number of rotatable bonds is 4. The Morgan fingerprint density at radius 3 is 2.30 bits per heavy atom. The number of aryl methyl sites for hydroxylation is 2. The Bertz CT molecular complexity index is 2060. The van der Waals surface area contributed by atoms with E-state index < -0.39 is 22.6 Å². The van der Waals surface area contributed by atoms with Crippen molar-refractivity contribution < 1.29 is 9.18 Å². The normalized spacial score (nSPS) is 12.4. The van der Waals surface area contributed by atoms with Crippen molar-refractivity contribution in [2.75, 3.05) is 5.32 Å². The summed E-state index contributed by atoms with van der Waals surface area (Å²) in [5, 5.41) is 3.68. The molecule has 1 aliphatic carbocycles. The van der Waals surface area contributed by atoms with Crippen molar-refractivity contribution in [3.8, 4) is 5.69 Å². The van der Waals surface area contributed by atoms with Crippen LogP contribution >= 0.6 is 31.0 Å². The first kappa shape index (κ1) is 32.3. The van der Waals surface area contributed by atoms with Crippen molar-refractivity contribution >= 4 is 70.2 Å². The third kappa shape index (κ3) is 5.57. The summed E-state index contributed by atoms with van der Waals surface area (Å²) in [5.41, 5.74) is 0.616. The molecule has 0 atom stereocenters. The highest BCUT2D eigenvalue weighted by atomic mass is 127. The van der Waals surface area contributed by atoms with Crippen molar-refractivity contribution in [3.05, 3.63) is 96.8 Å². The summed E-state index contributed by atoms with van der Waals surface area (Å²) in [6.07, 6.45) is 2.97. The molecule has 1 N–H and O–H groups in total. The SMILES string of the molecule is CC.CC(=O)n1ccc2c(-n3c(=O)n(C4CC4)c(=O)c4c(Nc5ccc(C)cc5F)n(C)c(=O)c(C)c43)cccc21.SI. The van der Waals surface area contributed by atoms with Crippen molar-refractivity contribution in [3.63, 3.8) is 0 Å². The van der Waals surface area contributed by atoms with Gasteiger partial charge in [-0.1, -0.05) is 26.0 Å². The third-order valence-corrected chi connectivity index (χ3v) is 7.42. The van der Waals surface area contributed by atoms with Crippen LogP contribution in [0.5, 0.6) is 0 Å². The number of nitrogens with zero attached hydrogens (tertiary/aromatic N) is 4. The van der Waals surface area contributed by atoms with Crippen molar-refractivity contribution in [2.24, 2.45) is 7.05 Å². The van der Waals surface area contributed by atoms with Gasteiger partial charge >= 0.3 is 5.69 Å². The second-order valence-electron chi connectivity index (χ2n) is 10.1. The van der Waals surface area contributed by atoms with Crippen LogP contribution in [0.15, 0.2) is 63.0 Å². The lowest BCUT2D eigenvalue weighted by atomic mass is 10.1. The van der Waals surface area contributed by atoms with Gasteiger partial charge in [0, 0.05) is 37.2 Å². The number of carbonyl (C=O) groups excluding carboxylic acids is 1. The highest BCUT2D eigenvalue weighted by molar-refractivity contribution is 14.2. The number of hydrogen-bond donors (Lipinski definition) is 2. The summed E-state index contributed by atoms with van der Waals surface area (Å²) < 4.78 is 20.3. The van der Waals surface area contributed by atoms with E-state index in [2.05, 4.69) is 15.1 Å². The Labute approximate surface area is 264 Å². The fraction of sp³-hybridized carbons (Fsp3) is 0.290. The van der Waals surface area contributed by atoms with Crippen molar-refractivity contribution in [2.45, 2.75) is 53.5 Å². The van der Waals surface area contributed by atoms with E-state index in [0.29, 0.717) is 29.4 Å². The van der Waals surface area contributed by atoms with Gasteiger partial charge in [0.05, 0.1) is 22.4 Å². The molecule has 0 saturated heterocycles. The predicted octanol–water partition coefficient (Wildman–Crippen LogP) is 6.59. The van der Waals surface area contributed by atoms with Gasteiger partial charge < -0.3 is 5.32 Å². The molecular formula is C31H33FIN5O4S. The van der Waals surface area contributed by atoms with Crippen LogP contribution in [0.4, 0.5) is 15.9 Å². The van der Waals surface area contributed by atoms with Gasteiger partial charge in [-0.2, -0.15) is 0 Å². The summed E-state index contributed by atoms with van der Waals surface area (Å²) in [5.74, 6) is -0.647. The Kier molecular flexibility index (Phi) is 9.70. The van der Waals surface area contributed by atoms with E-state index >= 15 is 0 Å². The molecule has 6 rings (SSSR count). The Morgan fingerprint density at radius 2 is 1.70 bits per heavy atom. The van der Waals surface area contributed by atoms with Gasteiger partial charge in [-0.25, -0.2) is 9.18 Å². The van der Waals surface area contributed by atoms with Gasteiger partial charge in [-0.15, -0.1) is 9.80 Å². The second-order valence-corrected chi connectivity index (χ2v) is 10.1. The van der Waals surface area contributed by atoms with Gasteiger partial charge in [0.15, 0.2) is 0 Å². The Balaban J connectivity index is 0.00000102. The number of aromatic nitrogens is 4. The highest BCUT2D eigenvalue weighted by Gasteiger charge is 2.32. The molecule has 1 saturated carbocycles. The maximum absolute atomic E-state index is 14.9. The summed E-state index contributed by atoms with van der Waals surface area (Å²) >= 11 is 1.84. The zero-order valence-electron chi connectivity index (χ0n) is 24.7. The van der Waals surface area contributed by atoms with Gasteiger partial charge in [0.25, 0.3) is 11.1 Å². The fourth-order valence-electron chi connectivity index (χ4n) is 5.31. The van der Waals surface area contributed by atoms with E-state index in [1.54, 1.807) is 56.4 Å². The minimum atomic E-state index is -0.568. The van der Waals surface area contributed by atoms with Crippen LogP contribution in [0, 0.1) is 19.7 Å².